The Morgan fingerprint density at radius 3 is 2.85 bits per heavy atom. The Labute approximate surface area is 157 Å². The molecule has 0 radical (unpaired) electrons. The van der Waals surface area contributed by atoms with Gasteiger partial charge in [0.05, 0.1) is 30.2 Å². The molecule has 7 nitrogen and oxygen atoms in total. The molecule has 0 spiro atoms. The van der Waals surface area contributed by atoms with Crippen molar-refractivity contribution in [2.24, 2.45) is 0 Å². The van der Waals surface area contributed by atoms with Crippen molar-refractivity contribution >= 4 is 22.5 Å². The van der Waals surface area contributed by atoms with Crippen LogP contribution in [0.1, 0.15) is 28.5 Å². The van der Waals surface area contributed by atoms with Gasteiger partial charge in [-0.1, -0.05) is 18.2 Å². The second-order valence-electron chi connectivity index (χ2n) is 7.02. The van der Waals surface area contributed by atoms with Gasteiger partial charge in [-0.2, -0.15) is 0 Å². The van der Waals surface area contributed by atoms with Crippen LogP contribution >= 0.6 is 0 Å². The van der Waals surface area contributed by atoms with Crippen LogP contribution in [0.2, 0.25) is 0 Å². The lowest BCUT2D eigenvalue weighted by molar-refractivity contribution is 0.102. The lowest BCUT2D eigenvalue weighted by Gasteiger charge is -2.14. The van der Waals surface area contributed by atoms with Gasteiger partial charge >= 0.3 is 0 Å². The number of carbonyl (C=O) groups is 1. The summed E-state index contributed by atoms with van der Waals surface area (Å²) in [5, 5.41) is 4.29. The molecule has 2 N–H and O–H groups in total. The van der Waals surface area contributed by atoms with E-state index in [1.807, 2.05) is 38.4 Å². The van der Waals surface area contributed by atoms with E-state index < -0.39 is 0 Å². The summed E-state index contributed by atoms with van der Waals surface area (Å²) in [6.07, 6.45) is 0. The first-order valence-corrected chi connectivity index (χ1v) is 9.02. The molecule has 0 saturated carbocycles. The van der Waals surface area contributed by atoms with Gasteiger partial charge in [0.1, 0.15) is 5.82 Å². The van der Waals surface area contributed by atoms with Gasteiger partial charge in [0.15, 0.2) is 11.6 Å². The average Bonchev–Trinajstić information content (AvgIpc) is 3.25. The standard InChI is InChI=1S/C20H23N5O2/c1-12(26)17-13-6-4-5-7-15(13)22-18(17)20-23-16-11-27-10-14(16)19(24-20)21-8-9-25(2)3/h4-7,22H,8-11H2,1-3H3,(H,21,23,24). The van der Waals surface area contributed by atoms with Gasteiger partial charge < -0.3 is 19.9 Å². The monoisotopic (exact) mass is 365 g/mol. The number of fused-ring (bicyclic) bond motifs is 2. The zero-order chi connectivity index (χ0) is 19.0. The molecule has 3 aromatic rings. The van der Waals surface area contributed by atoms with Gasteiger partial charge in [0, 0.05) is 29.6 Å². The maximum absolute atomic E-state index is 12.4. The molecule has 4 rings (SSSR count). The molecule has 140 valence electrons. The predicted molar refractivity (Wildman–Crippen MR) is 105 cm³/mol. The fraction of sp³-hybridized carbons (Fsp3) is 0.350. The molecule has 0 amide bonds. The number of aromatic amines is 1. The van der Waals surface area contributed by atoms with Gasteiger partial charge in [-0.25, -0.2) is 9.97 Å². The van der Waals surface area contributed by atoms with Crippen molar-refractivity contribution in [2.75, 3.05) is 32.5 Å². The number of benzene rings is 1. The molecule has 0 saturated heterocycles. The Morgan fingerprint density at radius 1 is 1.26 bits per heavy atom. The van der Waals surface area contributed by atoms with Crippen LogP contribution in [0.15, 0.2) is 24.3 Å². The molecular formula is C20H23N5O2. The number of anilines is 1. The van der Waals surface area contributed by atoms with Crippen LogP contribution in [0.5, 0.6) is 0 Å². The number of nitrogens with one attached hydrogen (secondary N) is 2. The quantitative estimate of drug-likeness (QED) is 0.654. The highest BCUT2D eigenvalue weighted by Gasteiger charge is 2.24. The maximum atomic E-state index is 12.4. The first kappa shape index (κ1) is 17.6. The van der Waals surface area contributed by atoms with Crippen LogP contribution < -0.4 is 5.32 Å². The van der Waals surface area contributed by atoms with Crippen molar-refractivity contribution in [1.29, 1.82) is 0 Å². The summed E-state index contributed by atoms with van der Waals surface area (Å²) in [6, 6.07) is 7.77. The van der Waals surface area contributed by atoms with E-state index in [4.69, 9.17) is 14.7 Å². The minimum atomic E-state index is -0.00934. The Kier molecular flexibility index (Phi) is 4.63. The summed E-state index contributed by atoms with van der Waals surface area (Å²) >= 11 is 0. The van der Waals surface area contributed by atoms with Crippen LogP contribution in [-0.2, 0) is 18.0 Å². The molecule has 0 atom stereocenters. The molecule has 1 aliphatic heterocycles. The largest absolute Gasteiger partial charge is 0.370 e. The molecule has 1 aliphatic rings. The Morgan fingerprint density at radius 2 is 2.07 bits per heavy atom. The van der Waals surface area contributed by atoms with E-state index in [0.29, 0.717) is 30.3 Å². The molecule has 3 heterocycles. The van der Waals surface area contributed by atoms with Crippen molar-refractivity contribution in [3.05, 3.63) is 41.1 Å². The van der Waals surface area contributed by atoms with Crippen molar-refractivity contribution in [2.45, 2.75) is 20.1 Å². The Balaban J connectivity index is 1.81. The van der Waals surface area contributed by atoms with Crippen LogP contribution in [0.3, 0.4) is 0 Å². The highest BCUT2D eigenvalue weighted by molar-refractivity contribution is 6.11. The third-order valence-corrected chi connectivity index (χ3v) is 4.71. The number of nitrogens with zero attached hydrogens (tertiary/aromatic N) is 3. The summed E-state index contributed by atoms with van der Waals surface area (Å²) < 4.78 is 5.58. The minimum absolute atomic E-state index is 0.00934. The molecule has 7 heteroatoms. The Hall–Kier alpha value is -2.77. The molecular weight excluding hydrogens is 342 g/mol. The fourth-order valence-corrected chi connectivity index (χ4v) is 3.38. The van der Waals surface area contributed by atoms with E-state index in [9.17, 15) is 4.79 Å². The van der Waals surface area contributed by atoms with E-state index in [0.717, 1.165) is 41.1 Å². The third-order valence-electron chi connectivity index (χ3n) is 4.71. The number of Topliss-reactive ketones (excluding diaryl/α,β-unsaturated/α-hetero) is 1. The molecule has 0 bridgehead atoms. The van der Waals surface area contributed by atoms with Crippen molar-refractivity contribution in [3.63, 3.8) is 0 Å². The van der Waals surface area contributed by atoms with Gasteiger partial charge in [-0.05, 0) is 27.1 Å². The third kappa shape index (κ3) is 3.31. The SMILES string of the molecule is CC(=O)c1c(-c2nc3c(c(NCCN(C)C)n2)COC3)[nH]c2ccccc12. The van der Waals surface area contributed by atoms with Crippen molar-refractivity contribution < 1.29 is 9.53 Å². The highest BCUT2D eigenvalue weighted by Crippen LogP contribution is 2.32. The first-order valence-electron chi connectivity index (χ1n) is 9.02. The summed E-state index contributed by atoms with van der Waals surface area (Å²) in [5.74, 6) is 1.29. The second kappa shape index (κ2) is 7.09. The van der Waals surface area contributed by atoms with E-state index in [2.05, 4.69) is 15.2 Å². The van der Waals surface area contributed by atoms with Crippen LogP contribution in [-0.4, -0.2) is 52.8 Å². The number of H-pyrrole nitrogens is 1. The summed E-state index contributed by atoms with van der Waals surface area (Å²) in [4.78, 5) is 27.2. The van der Waals surface area contributed by atoms with E-state index in [-0.39, 0.29) is 5.78 Å². The lowest BCUT2D eigenvalue weighted by atomic mass is 10.1. The number of ketones is 1. The normalized spacial score (nSPS) is 13.3. The smallest absolute Gasteiger partial charge is 0.179 e. The van der Waals surface area contributed by atoms with Gasteiger partial charge in [0.2, 0.25) is 0 Å². The molecule has 27 heavy (non-hydrogen) atoms. The van der Waals surface area contributed by atoms with Crippen LogP contribution in [0.25, 0.3) is 22.4 Å². The number of hydrogen-bond donors (Lipinski definition) is 2. The van der Waals surface area contributed by atoms with E-state index >= 15 is 0 Å². The molecule has 0 unspecified atom stereocenters. The molecule has 0 aliphatic carbocycles. The highest BCUT2D eigenvalue weighted by atomic mass is 16.5. The van der Waals surface area contributed by atoms with Crippen LogP contribution in [0, 0.1) is 0 Å². The lowest BCUT2D eigenvalue weighted by Crippen LogP contribution is -2.22. The van der Waals surface area contributed by atoms with Crippen molar-refractivity contribution in [3.8, 4) is 11.5 Å². The Bertz CT molecular complexity index is 1010. The molecule has 2 aromatic heterocycles. The fourth-order valence-electron chi connectivity index (χ4n) is 3.38. The van der Waals surface area contributed by atoms with Crippen molar-refractivity contribution in [1.82, 2.24) is 19.9 Å². The van der Waals surface area contributed by atoms with E-state index in [1.54, 1.807) is 6.92 Å². The number of carbonyl (C=O) groups excluding carboxylic acids is 1. The molecule has 1 aromatic carbocycles. The zero-order valence-electron chi connectivity index (χ0n) is 15.8. The van der Waals surface area contributed by atoms with Gasteiger partial charge in [0.25, 0.3) is 0 Å². The molecule has 0 fully saturated rings. The van der Waals surface area contributed by atoms with Crippen LogP contribution in [0.4, 0.5) is 5.82 Å². The number of rotatable bonds is 6. The summed E-state index contributed by atoms with van der Waals surface area (Å²) in [7, 11) is 4.06. The van der Waals surface area contributed by atoms with E-state index in [1.165, 1.54) is 0 Å². The topological polar surface area (TPSA) is 83.1 Å². The minimum Gasteiger partial charge on any atom is -0.370 e. The maximum Gasteiger partial charge on any atom is 0.179 e. The first-order chi connectivity index (χ1) is 13.0. The predicted octanol–water partition coefficient (Wildman–Crippen LogP) is 2.83. The number of likely N-dealkylation sites (N-methyl/N-ethyl adjacent to an activating group) is 1. The number of ether oxygens (including phenoxy) is 1. The zero-order valence-corrected chi connectivity index (χ0v) is 15.8. The summed E-state index contributed by atoms with van der Waals surface area (Å²) in [5.41, 5.74) is 4.07. The van der Waals surface area contributed by atoms with Gasteiger partial charge in [-0.15, -0.1) is 0 Å². The number of para-hydroxylation sites is 1. The number of aromatic nitrogens is 3. The average molecular weight is 365 g/mol. The second-order valence-corrected chi connectivity index (χ2v) is 7.02. The summed E-state index contributed by atoms with van der Waals surface area (Å²) in [6.45, 7) is 4.20. The van der Waals surface area contributed by atoms with Gasteiger partial charge in [-0.3, -0.25) is 4.79 Å². The number of hydrogen-bond acceptors (Lipinski definition) is 6.